The molecular weight excluding hydrogens is 629 g/mol. The van der Waals surface area contributed by atoms with E-state index in [2.05, 4.69) is 5.32 Å². The first-order valence-corrected chi connectivity index (χ1v) is 17.7. The van der Waals surface area contributed by atoms with Gasteiger partial charge in [-0.3, -0.25) is 13.9 Å². The van der Waals surface area contributed by atoms with Crippen molar-refractivity contribution < 1.29 is 27.1 Å². The fraction of sp³-hybridized carbons (Fsp3) is 0.316. The van der Waals surface area contributed by atoms with Gasteiger partial charge in [0.25, 0.3) is 10.0 Å². The Morgan fingerprint density at radius 2 is 1.52 bits per heavy atom. The van der Waals surface area contributed by atoms with Crippen LogP contribution in [0.25, 0.3) is 0 Å². The number of carbonyl (C=O) groups excluding carboxylic acids is 2. The number of hydrogen-bond acceptors (Lipinski definition) is 5. The molecule has 1 N–H and O–H groups in total. The molecule has 0 aromatic heterocycles. The standard InChI is InChI=1S/C38H42FN3O5S/c1-28-18-23-36(47-2)34(24-28)42(48(45,46)33-16-10-5-11-17-33)27-37(43)41(26-30-19-21-31(39)22-20-30)35(25-29-12-6-3-7-13-29)38(44)40-32-14-8-4-9-15-32/h3,5-7,10-13,16-24,32,35H,4,8-9,14-15,25-27H2,1-2H3,(H,40,44)/t35-/m0/s1. The van der Waals surface area contributed by atoms with Crippen molar-refractivity contribution in [2.45, 2.75) is 69.0 Å². The number of nitrogens with one attached hydrogen (secondary N) is 1. The van der Waals surface area contributed by atoms with Crippen LogP contribution in [0, 0.1) is 12.7 Å². The van der Waals surface area contributed by atoms with Crippen molar-refractivity contribution in [3.63, 3.8) is 0 Å². The summed E-state index contributed by atoms with van der Waals surface area (Å²) in [5.74, 6) is -1.07. The summed E-state index contributed by atoms with van der Waals surface area (Å²) < 4.78 is 49.2. The molecule has 1 saturated carbocycles. The molecule has 8 nitrogen and oxygen atoms in total. The molecule has 48 heavy (non-hydrogen) atoms. The molecule has 1 atom stereocenters. The molecule has 1 aliphatic rings. The summed E-state index contributed by atoms with van der Waals surface area (Å²) >= 11 is 0. The summed E-state index contributed by atoms with van der Waals surface area (Å²) in [5.41, 5.74) is 2.40. The van der Waals surface area contributed by atoms with Crippen LogP contribution in [0.15, 0.2) is 108 Å². The smallest absolute Gasteiger partial charge is 0.264 e. The van der Waals surface area contributed by atoms with E-state index in [-0.39, 0.29) is 41.2 Å². The van der Waals surface area contributed by atoms with E-state index in [9.17, 15) is 22.4 Å². The molecule has 5 rings (SSSR count). The van der Waals surface area contributed by atoms with Gasteiger partial charge >= 0.3 is 0 Å². The van der Waals surface area contributed by atoms with Crippen LogP contribution in [0.4, 0.5) is 10.1 Å². The van der Waals surface area contributed by atoms with Crippen molar-refractivity contribution in [2.24, 2.45) is 0 Å². The largest absolute Gasteiger partial charge is 0.495 e. The number of nitrogens with zero attached hydrogens (tertiary/aromatic N) is 2. The monoisotopic (exact) mass is 671 g/mol. The Hall–Kier alpha value is -4.70. The van der Waals surface area contributed by atoms with E-state index in [0.717, 1.165) is 47.5 Å². The van der Waals surface area contributed by atoms with Crippen LogP contribution in [-0.4, -0.2) is 50.9 Å². The van der Waals surface area contributed by atoms with E-state index in [1.54, 1.807) is 48.5 Å². The molecule has 4 aromatic rings. The fourth-order valence-corrected chi connectivity index (χ4v) is 7.55. The van der Waals surface area contributed by atoms with Crippen molar-refractivity contribution in [1.29, 1.82) is 0 Å². The van der Waals surface area contributed by atoms with Crippen LogP contribution in [0.1, 0.15) is 48.8 Å². The number of rotatable bonds is 13. The third kappa shape index (κ3) is 8.60. The van der Waals surface area contributed by atoms with E-state index in [1.165, 1.54) is 36.3 Å². The fourth-order valence-electron chi connectivity index (χ4n) is 6.11. The SMILES string of the molecule is COc1ccc(C)cc1N(CC(=O)N(Cc1ccc(F)cc1)[C@@H](Cc1ccccc1)C(=O)NC1CCCCC1)S(=O)(=O)c1ccccc1. The van der Waals surface area contributed by atoms with E-state index >= 15 is 0 Å². The molecule has 4 aromatic carbocycles. The molecule has 0 saturated heterocycles. The zero-order valence-electron chi connectivity index (χ0n) is 27.3. The summed E-state index contributed by atoms with van der Waals surface area (Å²) in [7, 11) is -2.84. The lowest BCUT2D eigenvalue weighted by Crippen LogP contribution is -2.55. The van der Waals surface area contributed by atoms with Crippen molar-refractivity contribution in [2.75, 3.05) is 18.0 Å². The van der Waals surface area contributed by atoms with Gasteiger partial charge in [-0.05, 0) is 72.9 Å². The van der Waals surface area contributed by atoms with Crippen LogP contribution in [0.2, 0.25) is 0 Å². The van der Waals surface area contributed by atoms with Crippen molar-refractivity contribution in [3.8, 4) is 5.75 Å². The Balaban J connectivity index is 1.59. The normalized spacial score (nSPS) is 14.1. The minimum atomic E-state index is -4.28. The molecule has 0 heterocycles. The summed E-state index contributed by atoms with van der Waals surface area (Å²) in [5, 5.41) is 3.19. The highest BCUT2D eigenvalue weighted by Crippen LogP contribution is 2.34. The molecule has 0 aliphatic heterocycles. The van der Waals surface area contributed by atoms with Crippen LogP contribution in [-0.2, 0) is 32.6 Å². The number of methoxy groups -OCH3 is 1. The summed E-state index contributed by atoms with van der Waals surface area (Å²) in [6, 6.07) is 27.2. The number of aryl methyl sites for hydroxylation is 1. The lowest BCUT2D eigenvalue weighted by atomic mass is 9.94. The maximum absolute atomic E-state index is 14.7. The second-order valence-corrected chi connectivity index (χ2v) is 14.1. The average molecular weight is 672 g/mol. The molecular formula is C38H42FN3O5S. The number of ether oxygens (including phenoxy) is 1. The van der Waals surface area contributed by atoms with Gasteiger partial charge in [0, 0.05) is 19.0 Å². The quantitative estimate of drug-likeness (QED) is 0.177. The summed E-state index contributed by atoms with van der Waals surface area (Å²) in [4.78, 5) is 30.3. The third-order valence-electron chi connectivity index (χ3n) is 8.70. The first kappa shape index (κ1) is 34.6. The molecule has 10 heteroatoms. The molecule has 1 aliphatic carbocycles. The Bertz CT molecular complexity index is 1780. The number of anilines is 1. The van der Waals surface area contributed by atoms with Gasteiger partial charge in [0.15, 0.2) is 0 Å². The van der Waals surface area contributed by atoms with Crippen molar-refractivity contribution in [3.05, 3.63) is 126 Å². The number of carbonyl (C=O) groups is 2. The summed E-state index contributed by atoms with van der Waals surface area (Å²) in [6.45, 7) is 1.17. The molecule has 2 amide bonds. The average Bonchev–Trinajstić information content (AvgIpc) is 3.10. The number of sulfonamides is 1. The maximum Gasteiger partial charge on any atom is 0.264 e. The third-order valence-corrected chi connectivity index (χ3v) is 10.5. The first-order valence-electron chi connectivity index (χ1n) is 16.3. The molecule has 252 valence electrons. The molecule has 0 spiro atoms. The van der Waals surface area contributed by atoms with E-state index < -0.39 is 34.3 Å². The van der Waals surface area contributed by atoms with Gasteiger partial charge in [-0.1, -0.05) is 86.0 Å². The van der Waals surface area contributed by atoms with Gasteiger partial charge in [-0.25, -0.2) is 12.8 Å². The minimum absolute atomic E-state index is 0.00215. The second kappa shape index (κ2) is 15.9. The van der Waals surface area contributed by atoms with Gasteiger partial charge < -0.3 is 15.0 Å². The Morgan fingerprint density at radius 3 is 2.17 bits per heavy atom. The van der Waals surface area contributed by atoms with Crippen LogP contribution >= 0.6 is 0 Å². The number of halogens is 1. The second-order valence-electron chi connectivity index (χ2n) is 12.2. The maximum atomic E-state index is 14.7. The highest BCUT2D eigenvalue weighted by Gasteiger charge is 2.36. The Labute approximate surface area is 282 Å². The van der Waals surface area contributed by atoms with E-state index in [4.69, 9.17) is 4.74 Å². The minimum Gasteiger partial charge on any atom is -0.495 e. The number of hydrogen-bond donors (Lipinski definition) is 1. The van der Waals surface area contributed by atoms with Crippen molar-refractivity contribution >= 4 is 27.5 Å². The summed E-state index contributed by atoms with van der Waals surface area (Å²) in [6.07, 6.45) is 5.04. The van der Waals surface area contributed by atoms with Gasteiger partial charge in [-0.15, -0.1) is 0 Å². The molecule has 0 radical (unpaired) electrons. The van der Waals surface area contributed by atoms with Crippen molar-refractivity contribution in [1.82, 2.24) is 10.2 Å². The predicted octanol–water partition coefficient (Wildman–Crippen LogP) is 6.43. The molecule has 1 fully saturated rings. The molecule has 0 bridgehead atoms. The number of benzene rings is 4. The van der Waals surface area contributed by atoms with Crippen LogP contribution in [0.3, 0.4) is 0 Å². The lowest BCUT2D eigenvalue weighted by Gasteiger charge is -2.35. The highest BCUT2D eigenvalue weighted by atomic mass is 32.2. The first-order chi connectivity index (χ1) is 23.2. The van der Waals surface area contributed by atoms with Crippen LogP contribution in [0.5, 0.6) is 5.75 Å². The topological polar surface area (TPSA) is 96.0 Å². The van der Waals surface area contributed by atoms with E-state index in [0.29, 0.717) is 5.56 Å². The number of amides is 2. The van der Waals surface area contributed by atoms with E-state index in [1.807, 2.05) is 37.3 Å². The van der Waals surface area contributed by atoms with Gasteiger partial charge in [0.2, 0.25) is 11.8 Å². The van der Waals surface area contributed by atoms with Gasteiger partial charge in [0.05, 0.1) is 17.7 Å². The predicted molar refractivity (Wildman–Crippen MR) is 185 cm³/mol. The zero-order valence-corrected chi connectivity index (χ0v) is 28.2. The Kier molecular flexibility index (Phi) is 11.5. The zero-order chi connectivity index (χ0) is 34.1. The van der Waals surface area contributed by atoms with Gasteiger partial charge in [0.1, 0.15) is 24.2 Å². The highest BCUT2D eigenvalue weighted by molar-refractivity contribution is 7.92. The Morgan fingerprint density at radius 1 is 0.875 bits per heavy atom. The van der Waals surface area contributed by atoms with Crippen LogP contribution < -0.4 is 14.4 Å². The van der Waals surface area contributed by atoms with Gasteiger partial charge in [-0.2, -0.15) is 0 Å². The molecule has 0 unspecified atom stereocenters. The lowest BCUT2D eigenvalue weighted by molar-refractivity contribution is -0.140.